The first-order chi connectivity index (χ1) is 9.11. The molecule has 2 fully saturated rings. The largest absolute Gasteiger partial charge is 0.480 e. The van der Waals surface area contributed by atoms with Crippen LogP contribution in [-0.4, -0.2) is 41.0 Å². The molecular formula is C14H24N2O3. The van der Waals surface area contributed by atoms with Crippen LogP contribution in [0.2, 0.25) is 0 Å². The Bertz CT molecular complexity index is 340. The van der Waals surface area contributed by atoms with E-state index in [0.29, 0.717) is 31.8 Å². The molecule has 0 radical (unpaired) electrons. The number of hydrogen-bond acceptors (Lipinski definition) is 3. The van der Waals surface area contributed by atoms with E-state index in [4.69, 9.17) is 5.73 Å². The van der Waals surface area contributed by atoms with Gasteiger partial charge in [0.25, 0.3) is 0 Å². The number of carboxylic acids is 1. The van der Waals surface area contributed by atoms with Gasteiger partial charge in [-0.1, -0.05) is 32.1 Å². The fraction of sp³-hybridized carbons (Fsp3) is 0.857. The minimum atomic E-state index is -0.864. The summed E-state index contributed by atoms with van der Waals surface area (Å²) in [7, 11) is 0. The molecule has 1 heterocycles. The van der Waals surface area contributed by atoms with Crippen molar-refractivity contribution in [1.82, 2.24) is 4.90 Å². The molecule has 3 N–H and O–H groups in total. The van der Waals surface area contributed by atoms with Crippen LogP contribution in [0.3, 0.4) is 0 Å². The van der Waals surface area contributed by atoms with Gasteiger partial charge in [-0.25, -0.2) is 4.79 Å². The van der Waals surface area contributed by atoms with Gasteiger partial charge in [-0.2, -0.15) is 0 Å². The molecule has 1 aliphatic carbocycles. The van der Waals surface area contributed by atoms with Gasteiger partial charge in [-0.15, -0.1) is 0 Å². The highest BCUT2D eigenvalue weighted by molar-refractivity contribution is 5.85. The third-order valence-corrected chi connectivity index (χ3v) is 4.51. The lowest BCUT2D eigenvalue weighted by Crippen LogP contribution is -2.43. The zero-order valence-corrected chi connectivity index (χ0v) is 11.4. The zero-order valence-electron chi connectivity index (χ0n) is 11.4. The molecule has 5 nitrogen and oxygen atoms in total. The molecule has 0 aromatic heterocycles. The summed E-state index contributed by atoms with van der Waals surface area (Å²) in [5.74, 6) is -0.324. The average Bonchev–Trinajstić information content (AvgIpc) is 2.78. The van der Waals surface area contributed by atoms with Crippen LogP contribution in [0.4, 0.5) is 0 Å². The fourth-order valence-electron chi connectivity index (χ4n) is 3.37. The molecule has 108 valence electrons. The molecule has 5 heteroatoms. The minimum Gasteiger partial charge on any atom is -0.480 e. The van der Waals surface area contributed by atoms with Crippen molar-refractivity contribution in [3.05, 3.63) is 0 Å². The normalized spacial score (nSPS) is 26.7. The third kappa shape index (κ3) is 3.47. The quantitative estimate of drug-likeness (QED) is 0.785. The number of carboxylic acid groups (broad SMARTS) is 1. The predicted octanol–water partition coefficient (Wildman–Crippen LogP) is 1.22. The number of hydrogen-bond donors (Lipinski definition) is 2. The number of nitrogens with zero attached hydrogens (tertiary/aromatic N) is 1. The maximum atomic E-state index is 11.9. The van der Waals surface area contributed by atoms with Crippen molar-refractivity contribution in [3.8, 4) is 0 Å². The van der Waals surface area contributed by atoms with E-state index in [1.165, 1.54) is 19.3 Å². The molecule has 0 bridgehead atoms. The van der Waals surface area contributed by atoms with E-state index in [-0.39, 0.29) is 11.8 Å². The summed E-state index contributed by atoms with van der Waals surface area (Å²) in [5, 5.41) is 9.42. The number of likely N-dealkylation sites (tertiary alicyclic amines) is 1. The van der Waals surface area contributed by atoms with Crippen LogP contribution in [0, 0.1) is 11.8 Å². The van der Waals surface area contributed by atoms with E-state index in [1.807, 2.05) is 0 Å². The van der Waals surface area contributed by atoms with E-state index in [1.54, 1.807) is 4.90 Å². The number of carbonyl (C=O) groups excluding carboxylic acids is 1. The van der Waals surface area contributed by atoms with Gasteiger partial charge in [-0.3, -0.25) is 4.79 Å². The molecule has 2 rings (SSSR count). The topological polar surface area (TPSA) is 83.6 Å². The van der Waals surface area contributed by atoms with Crippen LogP contribution in [0.25, 0.3) is 0 Å². The highest BCUT2D eigenvalue weighted by Crippen LogP contribution is 2.30. The summed E-state index contributed by atoms with van der Waals surface area (Å²) >= 11 is 0. The van der Waals surface area contributed by atoms with Crippen LogP contribution in [0.5, 0.6) is 0 Å². The Morgan fingerprint density at radius 2 is 2.00 bits per heavy atom. The molecule has 1 aliphatic heterocycles. The fourth-order valence-corrected chi connectivity index (χ4v) is 3.37. The van der Waals surface area contributed by atoms with Gasteiger partial charge >= 0.3 is 5.97 Å². The monoisotopic (exact) mass is 268 g/mol. The van der Waals surface area contributed by atoms with Crippen molar-refractivity contribution in [3.63, 3.8) is 0 Å². The maximum absolute atomic E-state index is 11.9. The standard InChI is InChI=1S/C14H24N2O3/c15-8-11-7-13(17)16(9-11)12(14(18)19)6-10-4-2-1-3-5-10/h10-12H,1-9,15H2,(H,18,19)/t11?,12-/m1/s1. The van der Waals surface area contributed by atoms with E-state index in [0.717, 1.165) is 12.8 Å². The van der Waals surface area contributed by atoms with Crippen molar-refractivity contribution in [2.45, 2.75) is 51.0 Å². The second-order valence-electron chi connectivity index (χ2n) is 5.95. The summed E-state index contributed by atoms with van der Waals surface area (Å²) in [4.78, 5) is 25.0. The van der Waals surface area contributed by atoms with Gasteiger partial charge in [-0.05, 0) is 24.8 Å². The van der Waals surface area contributed by atoms with E-state index in [9.17, 15) is 14.7 Å². The molecule has 1 amide bonds. The van der Waals surface area contributed by atoms with Crippen molar-refractivity contribution in [2.75, 3.05) is 13.1 Å². The molecule has 2 atom stereocenters. The molecule has 0 aromatic rings. The summed E-state index contributed by atoms with van der Waals surface area (Å²) in [6.07, 6.45) is 6.86. The van der Waals surface area contributed by atoms with Crippen LogP contribution in [-0.2, 0) is 9.59 Å². The van der Waals surface area contributed by atoms with E-state index < -0.39 is 12.0 Å². The second-order valence-corrected chi connectivity index (χ2v) is 5.95. The minimum absolute atomic E-state index is 0.0429. The van der Waals surface area contributed by atoms with Gasteiger partial charge in [0.05, 0.1) is 0 Å². The molecule has 1 saturated heterocycles. The van der Waals surface area contributed by atoms with Crippen molar-refractivity contribution < 1.29 is 14.7 Å². The second kappa shape index (κ2) is 6.37. The van der Waals surface area contributed by atoms with E-state index in [2.05, 4.69) is 0 Å². The molecule has 1 saturated carbocycles. The summed E-state index contributed by atoms with van der Waals surface area (Å²) in [5.41, 5.74) is 5.59. The Morgan fingerprint density at radius 3 is 2.53 bits per heavy atom. The number of aliphatic carboxylic acids is 1. The number of nitrogens with two attached hydrogens (primary N) is 1. The first-order valence-corrected chi connectivity index (χ1v) is 7.34. The molecular weight excluding hydrogens is 244 g/mol. The lowest BCUT2D eigenvalue weighted by Gasteiger charge is -2.30. The summed E-state index contributed by atoms with van der Waals surface area (Å²) in [6, 6.07) is -0.646. The Labute approximate surface area is 114 Å². The van der Waals surface area contributed by atoms with Crippen LogP contribution >= 0.6 is 0 Å². The lowest BCUT2D eigenvalue weighted by molar-refractivity contribution is -0.149. The van der Waals surface area contributed by atoms with Gasteiger partial charge in [0.1, 0.15) is 6.04 Å². The number of amides is 1. The van der Waals surface area contributed by atoms with Crippen LogP contribution in [0.15, 0.2) is 0 Å². The van der Waals surface area contributed by atoms with Crippen molar-refractivity contribution in [2.24, 2.45) is 17.6 Å². The van der Waals surface area contributed by atoms with Gasteiger partial charge in [0.15, 0.2) is 0 Å². The highest BCUT2D eigenvalue weighted by Gasteiger charge is 2.38. The number of carbonyl (C=O) groups is 2. The van der Waals surface area contributed by atoms with Gasteiger partial charge in [0.2, 0.25) is 5.91 Å². The van der Waals surface area contributed by atoms with E-state index >= 15 is 0 Å². The first kappa shape index (κ1) is 14.3. The molecule has 19 heavy (non-hydrogen) atoms. The van der Waals surface area contributed by atoms with Crippen molar-refractivity contribution in [1.29, 1.82) is 0 Å². The Balaban J connectivity index is 1.99. The molecule has 1 unspecified atom stereocenters. The molecule has 0 spiro atoms. The number of rotatable bonds is 5. The summed E-state index contributed by atoms with van der Waals surface area (Å²) in [6.45, 7) is 0.969. The lowest BCUT2D eigenvalue weighted by atomic mass is 9.84. The SMILES string of the molecule is NCC1CC(=O)N([C@H](CC2CCCCC2)C(=O)O)C1. The third-order valence-electron chi connectivity index (χ3n) is 4.51. The highest BCUT2D eigenvalue weighted by atomic mass is 16.4. The molecule has 0 aromatic carbocycles. The van der Waals surface area contributed by atoms with Crippen molar-refractivity contribution >= 4 is 11.9 Å². The Morgan fingerprint density at radius 1 is 1.32 bits per heavy atom. The average molecular weight is 268 g/mol. The molecule has 2 aliphatic rings. The predicted molar refractivity (Wildman–Crippen MR) is 71.5 cm³/mol. The Hall–Kier alpha value is -1.10. The maximum Gasteiger partial charge on any atom is 0.326 e. The smallest absolute Gasteiger partial charge is 0.326 e. The summed E-state index contributed by atoms with van der Waals surface area (Å²) < 4.78 is 0. The zero-order chi connectivity index (χ0) is 13.8. The van der Waals surface area contributed by atoms with Gasteiger partial charge in [0, 0.05) is 13.0 Å². The van der Waals surface area contributed by atoms with Crippen LogP contribution < -0.4 is 5.73 Å². The van der Waals surface area contributed by atoms with Crippen LogP contribution in [0.1, 0.15) is 44.9 Å². The van der Waals surface area contributed by atoms with Gasteiger partial charge < -0.3 is 15.7 Å². The Kier molecular flexibility index (Phi) is 4.80. The first-order valence-electron chi connectivity index (χ1n) is 7.34.